The first-order valence-corrected chi connectivity index (χ1v) is 7.53. The van der Waals surface area contributed by atoms with E-state index in [0.717, 1.165) is 6.92 Å². The molecule has 1 aromatic carbocycles. The van der Waals surface area contributed by atoms with Gasteiger partial charge in [0.25, 0.3) is 0 Å². The molecule has 0 saturated carbocycles. The molecule has 1 aromatic rings. The molecule has 0 aliphatic carbocycles. The molecule has 1 atom stereocenters. The summed E-state index contributed by atoms with van der Waals surface area (Å²) in [4.78, 5) is 10.4. The van der Waals surface area contributed by atoms with Crippen LogP contribution in [0.3, 0.4) is 0 Å². The first-order chi connectivity index (χ1) is 9.10. The van der Waals surface area contributed by atoms with Crippen LogP contribution in [0.15, 0.2) is 27.6 Å². The molecule has 108 valence electrons. The second-order valence-corrected chi connectivity index (χ2v) is 6.81. The summed E-state index contributed by atoms with van der Waals surface area (Å²) in [6.45, 7) is 0.242. The molecule has 0 aliphatic rings. The van der Waals surface area contributed by atoms with Crippen molar-refractivity contribution in [1.82, 2.24) is 4.72 Å². The number of nitriles is 1. The number of aliphatic carboxylic acids is 1. The quantitative estimate of drug-likeness (QED) is 0.696. The molecule has 0 amide bonds. The predicted molar refractivity (Wildman–Crippen MR) is 72.3 cm³/mol. The summed E-state index contributed by atoms with van der Waals surface area (Å²) in [6.07, 6.45) is 0. The maximum Gasteiger partial charge on any atom is 0.336 e. The SMILES string of the molecule is CC(O)(CNS(=O)(=O)c1cc(Br)ccc1C#N)C(=O)O. The van der Waals surface area contributed by atoms with Gasteiger partial charge in [0.05, 0.1) is 12.1 Å². The van der Waals surface area contributed by atoms with E-state index in [-0.39, 0.29) is 10.5 Å². The van der Waals surface area contributed by atoms with Crippen molar-refractivity contribution < 1.29 is 23.4 Å². The zero-order valence-corrected chi connectivity index (χ0v) is 12.7. The minimum atomic E-state index is -4.12. The first-order valence-electron chi connectivity index (χ1n) is 5.25. The number of halogens is 1. The van der Waals surface area contributed by atoms with Crippen LogP contribution in [-0.4, -0.2) is 36.7 Å². The topological polar surface area (TPSA) is 127 Å². The summed E-state index contributed by atoms with van der Waals surface area (Å²) >= 11 is 3.09. The van der Waals surface area contributed by atoms with Crippen molar-refractivity contribution in [2.75, 3.05) is 6.54 Å². The highest BCUT2D eigenvalue weighted by atomic mass is 79.9. The van der Waals surface area contributed by atoms with E-state index in [0.29, 0.717) is 4.47 Å². The smallest absolute Gasteiger partial charge is 0.336 e. The standard InChI is InChI=1S/C11H11BrN2O5S/c1-11(17,10(15)16)6-14-20(18,19)9-4-8(12)3-2-7(9)5-13/h2-4,14,17H,6H2,1H3,(H,15,16). The number of rotatable bonds is 5. The molecule has 0 fully saturated rings. The van der Waals surface area contributed by atoms with Crippen molar-refractivity contribution in [3.63, 3.8) is 0 Å². The zero-order chi connectivity index (χ0) is 15.6. The van der Waals surface area contributed by atoms with Gasteiger partial charge in [0.2, 0.25) is 10.0 Å². The number of hydrogen-bond donors (Lipinski definition) is 3. The maximum atomic E-state index is 12.0. The van der Waals surface area contributed by atoms with Gasteiger partial charge in [-0.3, -0.25) is 0 Å². The fourth-order valence-corrected chi connectivity index (χ4v) is 3.02. The molecule has 0 spiro atoms. The fraction of sp³-hybridized carbons (Fsp3) is 0.273. The van der Waals surface area contributed by atoms with Crippen LogP contribution in [-0.2, 0) is 14.8 Å². The third-order valence-electron chi connectivity index (χ3n) is 2.42. The number of benzene rings is 1. The van der Waals surface area contributed by atoms with E-state index in [1.54, 1.807) is 6.07 Å². The predicted octanol–water partition coefficient (Wildman–Crippen LogP) is 0.435. The number of carbonyl (C=O) groups is 1. The Kier molecular flexibility index (Phi) is 4.88. The second-order valence-electron chi connectivity index (χ2n) is 4.16. The van der Waals surface area contributed by atoms with Gasteiger partial charge in [-0.25, -0.2) is 17.9 Å². The Morgan fingerprint density at radius 1 is 1.55 bits per heavy atom. The van der Waals surface area contributed by atoms with Crippen LogP contribution >= 0.6 is 15.9 Å². The second kappa shape index (κ2) is 5.88. The highest BCUT2D eigenvalue weighted by Crippen LogP contribution is 2.20. The lowest BCUT2D eigenvalue weighted by Gasteiger charge is -2.18. The van der Waals surface area contributed by atoms with Gasteiger partial charge in [-0.15, -0.1) is 0 Å². The summed E-state index contributed by atoms with van der Waals surface area (Å²) in [5, 5.41) is 27.1. The van der Waals surface area contributed by atoms with Crippen molar-refractivity contribution in [1.29, 1.82) is 5.26 Å². The minimum absolute atomic E-state index is 0.0873. The van der Waals surface area contributed by atoms with E-state index in [1.807, 2.05) is 4.72 Å². The highest BCUT2D eigenvalue weighted by Gasteiger charge is 2.32. The molecule has 0 radical (unpaired) electrons. The van der Waals surface area contributed by atoms with Crippen molar-refractivity contribution in [3.8, 4) is 6.07 Å². The zero-order valence-electron chi connectivity index (χ0n) is 10.3. The summed E-state index contributed by atoms with van der Waals surface area (Å²) in [5.74, 6) is -1.56. The van der Waals surface area contributed by atoms with E-state index in [1.165, 1.54) is 18.2 Å². The maximum absolute atomic E-state index is 12.0. The van der Waals surface area contributed by atoms with Crippen LogP contribution in [0.1, 0.15) is 12.5 Å². The Hall–Kier alpha value is -1.47. The van der Waals surface area contributed by atoms with Gasteiger partial charge >= 0.3 is 5.97 Å². The third kappa shape index (κ3) is 3.77. The molecule has 7 nitrogen and oxygen atoms in total. The van der Waals surface area contributed by atoms with E-state index in [4.69, 9.17) is 10.4 Å². The molecule has 0 saturated heterocycles. The lowest BCUT2D eigenvalue weighted by atomic mass is 10.1. The van der Waals surface area contributed by atoms with E-state index >= 15 is 0 Å². The van der Waals surface area contributed by atoms with Crippen LogP contribution in [0, 0.1) is 11.3 Å². The average Bonchev–Trinajstić information content (AvgIpc) is 2.36. The van der Waals surface area contributed by atoms with E-state index < -0.39 is 28.1 Å². The summed E-state index contributed by atoms with van der Waals surface area (Å²) < 4.78 is 26.5. The Morgan fingerprint density at radius 3 is 2.65 bits per heavy atom. The largest absolute Gasteiger partial charge is 0.479 e. The molecular weight excluding hydrogens is 352 g/mol. The summed E-state index contributed by atoms with van der Waals surface area (Å²) in [5.41, 5.74) is -2.33. The number of carboxylic acids is 1. The average molecular weight is 363 g/mol. The number of nitrogens with one attached hydrogen (secondary N) is 1. The monoisotopic (exact) mass is 362 g/mol. The molecule has 9 heteroatoms. The van der Waals surface area contributed by atoms with Gasteiger partial charge in [-0.1, -0.05) is 15.9 Å². The Bertz CT molecular complexity index is 679. The molecule has 0 aromatic heterocycles. The molecule has 0 heterocycles. The van der Waals surface area contributed by atoms with Gasteiger partial charge < -0.3 is 10.2 Å². The van der Waals surface area contributed by atoms with Crippen molar-refractivity contribution in [2.24, 2.45) is 0 Å². The van der Waals surface area contributed by atoms with Crippen LogP contribution in [0.2, 0.25) is 0 Å². The van der Waals surface area contributed by atoms with E-state index in [2.05, 4.69) is 15.9 Å². The van der Waals surface area contributed by atoms with Crippen molar-refractivity contribution >= 4 is 31.9 Å². The van der Waals surface area contributed by atoms with Crippen LogP contribution < -0.4 is 4.72 Å². The summed E-state index contributed by atoms with van der Waals surface area (Å²) in [6, 6.07) is 5.77. The minimum Gasteiger partial charge on any atom is -0.479 e. The van der Waals surface area contributed by atoms with Crippen LogP contribution in [0.4, 0.5) is 0 Å². The van der Waals surface area contributed by atoms with Gasteiger partial charge in [0.1, 0.15) is 11.0 Å². The molecule has 0 bridgehead atoms. The Labute approximate surface area is 124 Å². The molecule has 0 aliphatic heterocycles. The first kappa shape index (κ1) is 16.6. The van der Waals surface area contributed by atoms with Gasteiger partial charge in [0, 0.05) is 4.47 Å². The number of hydrogen-bond acceptors (Lipinski definition) is 5. The number of nitrogens with zero attached hydrogens (tertiary/aromatic N) is 1. The normalized spacial score (nSPS) is 14.3. The van der Waals surface area contributed by atoms with Gasteiger partial charge in [-0.05, 0) is 25.1 Å². The molecule has 1 unspecified atom stereocenters. The lowest BCUT2D eigenvalue weighted by molar-refractivity contribution is -0.155. The summed E-state index contributed by atoms with van der Waals surface area (Å²) in [7, 11) is -4.12. The van der Waals surface area contributed by atoms with Crippen LogP contribution in [0.25, 0.3) is 0 Å². The van der Waals surface area contributed by atoms with Gasteiger partial charge in [0.15, 0.2) is 5.60 Å². The van der Waals surface area contributed by atoms with E-state index in [9.17, 15) is 18.3 Å². The van der Waals surface area contributed by atoms with Crippen molar-refractivity contribution in [2.45, 2.75) is 17.4 Å². The third-order valence-corrected chi connectivity index (χ3v) is 4.36. The number of carboxylic acid groups (broad SMARTS) is 1. The Balaban J connectivity index is 3.10. The lowest BCUT2D eigenvalue weighted by Crippen LogP contribution is -2.46. The number of aliphatic hydroxyl groups is 1. The van der Waals surface area contributed by atoms with Crippen molar-refractivity contribution in [3.05, 3.63) is 28.2 Å². The molecular formula is C11H11BrN2O5S. The van der Waals surface area contributed by atoms with Gasteiger partial charge in [-0.2, -0.15) is 5.26 Å². The fourth-order valence-electron chi connectivity index (χ4n) is 1.20. The molecule has 3 N–H and O–H groups in total. The Morgan fingerprint density at radius 2 is 2.15 bits per heavy atom. The van der Waals surface area contributed by atoms with Crippen LogP contribution in [0.5, 0.6) is 0 Å². The number of sulfonamides is 1. The highest BCUT2D eigenvalue weighted by molar-refractivity contribution is 9.10. The molecule has 1 rings (SSSR count). The molecule has 20 heavy (non-hydrogen) atoms.